The number of halogens is 2. The first-order valence-corrected chi connectivity index (χ1v) is 6.30. The van der Waals surface area contributed by atoms with Crippen LogP contribution < -0.4 is 0 Å². The van der Waals surface area contributed by atoms with E-state index in [2.05, 4.69) is 0 Å². The number of alkyl halides is 1. The Morgan fingerprint density at radius 3 is 2.42 bits per heavy atom. The van der Waals surface area contributed by atoms with Gasteiger partial charge in [0.1, 0.15) is 5.82 Å². The van der Waals surface area contributed by atoms with Crippen LogP contribution in [0.25, 0.3) is 11.1 Å². The molecule has 0 amide bonds. The van der Waals surface area contributed by atoms with Crippen molar-refractivity contribution < 1.29 is 14.3 Å². The molecule has 2 aromatic rings. The lowest BCUT2D eigenvalue weighted by Crippen LogP contribution is -2.13. The zero-order chi connectivity index (χ0) is 13.8. The number of hydrogen-bond donors (Lipinski definition) is 1. The van der Waals surface area contributed by atoms with Crippen molar-refractivity contribution in [1.29, 1.82) is 0 Å². The van der Waals surface area contributed by atoms with Gasteiger partial charge in [0, 0.05) is 11.4 Å². The van der Waals surface area contributed by atoms with Crippen molar-refractivity contribution >= 4 is 17.6 Å². The van der Waals surface area contributed by atoms with Crippen molar-refractivity contribution in [3.05, 3.63) is 59.9 Å². The van der Waals surface area contributed by atoms with E-state index in [0.717, 1.165) is 5.56 Å². The molecule has 4 heteroatoms. The van der Waals surface area contributed by atoms with Gasteiger partial charge in [-0.05, 0) is 17.2 Å². The molecule has 0 radical (unpaired) electrons. The van der Waals surface area contributed by atoms with Crippen molar-refractivity contribution in [2.45, 2.75) is 5.92 Å². The van der Waals surface area contributed by atoms with Crippen LogP contribution in [0.5, 0.6) is 0 Å². The molecule has 0 aliphatic heterocycles. The fourth-order valence-electron chi connectivity index (χ4n) is 1.90. The number of carboxylic acid groups (broad SMARTS) is 1. The van der Waals surface area contributed by atoms with E-state index in [4.69, 9.17) is 16.7 Å². The van der Waals surface area contributed by atoms with Crippen LogP contribution in [0.3, 0.4) is 0 Å². The minimum absolute atomic E-state index is 0.0839. The number of carbonyl (C=O) groups is 1. The smallest absolute Gasteiger partial charge is 0.312 e. The fourth-order valence-corrected chi connectivity index (χ4v) is 2.21. The second kappa shape index (κ2) is 5.85. The van der Waals surface area contributed by atoms with Crippen LogP contribution in [-0.2, 0) is 4.79 Å². The molecule has 1 N–H and O–H groups in total. The van der Waals surface area contributed by atoms with Gasteiger partial charge in [-0.3, -0.25) is 4.79 Å². The standard InChI is InChI=1S/C15H12ClFO2/c16-9-13(15(18)19)11-6-7-12(14(17)8-11)10-4-2-1-3-5-10/h1-8,13H,9H2,(H,18,19). The zero-order valence-corrected chi connectivity index (χ0v) is 10.8. The van der Waals surface area contributed by atoms with Crippen LogP contribution in [0, 0.1) is 5.82 Å². The summed E-state index contributed by atoms with van der Waals surface area (Å²) < 4.78 is 14.1. The Bertz CT molecular complexity index is 584. The van der Waals surface area contributed by atoms with Gasteiger partial charge in [-0.2, -0.15) is 0 Å². The van der Waals surface area contributed by atoms with E-state index in [0.29, 0.717) is 11.1 Å². The Morgan fingerprint density at radius 2 is 1.89 bits per heavy atom. The summed E-state index contributed by atoms with van der Waals surface area (Å²) in [7, 11) is 0. The number of hydrogen-bond acceptors (Lipinski definition) is 1. The number of benzene rings is 2. The van der Waals surface area contributed by atoms with Gasteiger partial charge in [-0.15, -0.1) is 11.6 Å². The van der Waals surface area contributed by atoms with Crippen molar-refractivity contribution in [2.24, 2.45) is 0 Å². The van der Waals surface area contributed by atoms with Gasteiger partial charge in [0.15, 0.2) is 0 Å². The fraction of sp³-hybridized carbons (Fsp3) is 0.133. The Hall–Kier alpha value is -1.87. The third kappa shape index (κ3) is 2.93. The molecule has 0 saturated heterocycles. The van der Waals surface area contributed by atoms with Gasteiger partial charge in [0.2, 0.25) is 0 Å². The molecule has 98 valence electrons. The Labute approximate surface area is 115 Å². The average molecular weight is 279 g/mol. The summed E-state index contributed by atoms with van der Waals surface area (Å²) >= 11 is 5.60. The predicted molar refractivity (Wildman–Crippen MR) is 72.9 cm³/mol. The minimum Gasteiger partial charge on any atom is -0.481 e. The van der Waals surface area contributed by atoms with Crippen LogP contribution in [0.2, 0.25) is 0 Å². The van der Waals surface area contributed by atoms with E-state index < -0.39 is 17.7 Å². The van der Waals surface area contributed by atoms with Crippen LogP contribution in [0.4, 0.5) is 4.39 Å². The maximum atomic E-state index is 14.1. The van der Waals surface area contributed by atoms with E-state index in [1.807, 2.05) is 18.2 Å². The lowest BCUT2D eigenvalue weighted by molar-refractivity contribution is -0.138. The van der Waals surface area contributed by atoms with Gasteiger partial charge in [0.05, 0.1) is 5.92 Å². The van der Waals surface area contributed by atoms with Crippen molar-refractivity contribution in [3.63, 3.8) is 0 Å². The van der Waals surface area contributed by atoms with Crippen LogP contribution in [-0.4, -0.2) is 17.0 Å². The molecule has 2 aromatic carbocycles. The highest BCUT2D eigenvalue weighted by Crippen LogP contribution is 2.26. The molecular weight excluding hydrogens is 267 g/mol. The van der Waals surface area contributed by atoms with Gasteiger partial charge in [0.25, 0.3) is 0 Å². The zero-order valence-electron chi connectivity index (χ0n) is 10.0. The van der Waals surface area contributed by atoms with E-state index in [1.54, 1.807) is 24.3 Å². The highest BCUT2D eigenvalue weighted by atomic mass is 35.5. The molecule has 0 aliphatic carbocycles. The minimum atomic E-state index is -1.05. The number of aliphatic carboxylic acids is 1. The average Bonchev–Trinajstić information content (AvgIpc) is 2.40. The summed E-state index contributed by atoms with van der Waals surface area (Å²) in [5, 5.41) is 9.00. The van der Waals surface area contributed by atoms with Gasteiger partial charge in [-0.1, -0.05) is 42.5 Å². The Balaban J connectivity index is 2.40. The SMILES string of the molecule is O=C(O)C(CCl)c1ccc(-c2ccccc2)c(F)c1. The Morgan fingerprint density at radius 1 is 1.21 bits per heavy atom. The topological polar surface area (TPSA) is 37.3 Å². The second-order valence-corrected chi connectivity index (χ2v) is 4.46. The first-order chi connectivity index (χ1) is 9.13. The second-order valence-electron chi connectivity index (χ2n) is 4.15. The molecule has 19 heavy (non-hydrogen) atoms. The summed E-state index contributed by atoms with van der Waals surface area (Å²) in [5.41, 5.74) is 1.58. The van der Waals surface area contributed by atoms with E-state index in [-0.39, 0.29) is 5.88 Å². The van der Waals surface area contributed by atoms with Gasteiger partial charge < -0.3 is 5.11 Å². The molecule has 0 bridgehead atoms. The molecule has 0 aromatic heterocycles. The largest absolute Gasteiger partial charge is 0.481 e. The molecular formula is C15H12ClFO2. The Kier molecular flexibility index (Phi) is 4.17. The normalized spacial score (nSPS) is 12.1. The predicted octanol–water partition coefficient (Wildman–Crippen LogP) is 3.90. The monoisotopic (exact) mass is 278 g/mol. The molecule has 1 unspecified atom stereocenters. The highest BCUT2D eigenvalue weighted by Gasteiger charge is 2.20. The summed E-state index contributed by atoms with van der Waals surface area (Å²) in [6, 6.07) is 13.5. The summed E-state index contributed by atoms with van der Waals surface area (Å²) in [6.07, 6.45) is 0. The quantitative estimate of drug-likeness (QED) is 0.861. The van der Waals surface area contributed by atoms with Crippen LogP contribution in [0.1, 0.15) is 11.5 Å². The van der Waals surface area contributed by atoms with Crippen molar-refractivity contribution in [3.8, 4) is 11.1 Å². The van der Waals surface area contributed by atoms with Gasteiger partial charge >= 0.3 is 5.97 Å². The van der Waals surface area contributed by atoms with Crippen molar-refractivity contribution in [2.75, 3.05) is 5.88 Å². The molecule has 2 rings (SSSR count). The molecule has 0 aliphatic rings. The van der Waals surface area contributed by atoms with E-state index in [1.165, 1.54) is 6.07 Å². The van der Waals surface area contributed by atoms with Crippen LogP contribution in [0.15, 0.2) is 48.5 Å². The summed E-state index contributed by atoms with van der Waals surface area (Å²) in [5.74, 6) is -2.47. The molecule has 0 saturated carbocycles. The van der Waals surface area contributed by atoms with E-state index in [9.17, 15) is 9.18 Å². The summed E-state index contributed by atoms with van der Waals surface area (Å²) in [4.78, 5) is 11.0. The first-order valence-electron chi connectivity index (χ1n) is 5.77. The third-order valence-electron chi connectivity index (χ3n) is 2.93. The van der Waals surface area contributed by atoms with Crippen LogP contribution >= 0.6 is 11.6 Å². The maximum Gasteiger partial charge on any atom is 0.312 e. The maximum absolute atomic E-state index is 14.1. The summed E-state index contributed by atoms with van der Waals surface area (Å²) in [6.45, 7) is 0. The molecule has 1 atom stereocenters. The lowest BCUT2D eigenvalue weighted by atomic mass is 9.97. The van der Waals surface area contributed by atoms with Crippen molar-refractivity contribution in [1.82, 2.24) is 0 Å². The number of carboxylic acids is 1. The molecule has 0 fully saturated rings. The highest BCUT2D eigenvalue weighted by molar-refractivity contribution is 6.19. The van der Waals surface area contributed by atoms with E-state index >= 15 is 0 Å². The first kappa shape index (κ1) is 13.6. The lowest BCUT2D eigenvalue weighted by Gasteiger charge is -2.11. The van der Waals surface area contributed by atoms with Gasteiger partial charge in [-0.25, -0.2) is 4.39 Å². The molecule has 0 spiro atoms. The molecule has 0 heterocycles. The molecule has 2 nitrogen and oxygen atoms in total. The third-order valence-corrected chi connectivity index (χ3v) is 3.24. The number of rotatable bonds is 4.